The topological polar surface area (TPSA) is 90.4 Å². The molecule has 112 valence electrons. The van der Waals surface area contributed by atoms with E-state index in [1.807, 2.05) is 0 Å². The fraction of sp³-hybridized carbons (Fsp3) is 0.455. The number of aromatic nitrogens is 1. The summed E-state index contributed by atoms with van der Waals surface area (Å²) in [5.41, 5.74) is 0.268. The highest BCUT2D eigenvalue weighted by Crippen LogP contribution is 2.31. The second-order valence-electron chi connectivity index (χ2n) is 3.99. The number of ketones is 1. The molecule has 1 rings (SSSR count). The van der Waals surface area contributed by atoms with Crippen molar-refractivity contribution >= 4 is 57.5 Å². The number of Topliss-reactive ketones (excluding diaryl/α,β-unsaturated/α-hetero) is 1. The summed E-state index contributed by atoms with van der Waals surface area (Å²) >= 11 is 17.3. The van der Waals surface area contributed by atoms with Gasteiger partial charge in [-0.05, 0) is 6.07 Å². The minimum absolute atomic E-state index is 0.00507. The van der Waals surface area contributed by atoms with Crippen LogP contribution in [0.2, 0.25) is 0 Å². The summed E-state index contributed by atoms with van der Waals surface area (Å²) in [7, 11) is 0. The molecule has 3 N–H and O–H groups in total. The van der Waals surface area contributed by atoms with Gasteiger partial charge >= 0.3 is 0 Å². The summed E-state index contributed by atoms with van der Waals surface area (Å²) in [4.78, 5) is 25.0. The number of aromatic amines is 1. The third-order valence-corrected chi connectivity index (χ3v) is 3.80. The van der Waals surface area contributed by atoms with Crippen LogP contribution in [0.3, 0.4) is 0 Å². The van der Waals surface area contributed by atoms with Crippen LogP contribution in [0, 0.1) is 0 Å². The first-order valence-electron chi connectivity index (χ1n) is 5.42. The minimum Gasteiger partial charge on any atom is -0.389 e. The Bertz CT molecular complexity index is 500. The number of thioether (sulfide) groups is 1. The molecule has 2 unspecified atom stereocenters. The second-order valence-corrected chi connectivity index (χ2v) is 7.47. The van der Waals surface area contributed by atoms with Crippen molar-refractivity contribution in [3.8, 4) is 0 Å². The van der Waals surface area contributed by atoms with Gasteiger partial charge in [-0.1, -0.05) is 46.6 Å². The Balaban J connectivity index is 2.76. The lowest BCUT2D eigenvalue weighted by molar-refractivity contribution is -0.109. The standard InChI is InChI=1S/C11H12Cl3NO4S/c1-5(16)20-4-8(17)9(18)6-2-7(15-3-6)10(19)11(12,13)14/h2-3,8-9,15,17-18H,4H2,1H3. The Morgan fingerprint density at radius 3 is 2.50 bits per heavy atom. The van der Waals surface area contributed by atoms with Crippen molar-refractivity contribution in [3.05, 3.63) is 23.5 Å². The normalized spacial score (nSPS) is 14.9. The molecule has 0 bridgehead atoms. The summed E-state index contributed by atoms with van der Waals surface area (Å²) < 4.78 is -2.10. The van der Waals surface area contributed by atoms with Crippen LogP contribution >= 0.6 is 46.6 Å². The molecule has 20 heavy (non-hydrogen) atoms. The average Bonchev–Trinajstić information content (AvgIpc) is 2.82. The van der Waals surface area contributed by atoms with Crippen molar-refractivity contribution < 1.29 is 19.8 Å². The Labute approximate surface area is 134 Å². The smallest absolute Gasteiger partial charge is 0.254 e. The molecular weight excluding hydrogens is 349 g/mol. The number of hydrogen-bond acceptors (Lipinski definition) is 5. The molecule has 9 heteroatoms. The molecule has 0 aliphatic carbocycles. The lowest BCUT2D eigenvalue weighted by atomic mass is 10.1. The molecule has 0 amide bonds. The molecular formula is C11H12Cl3NO4S. The highest BCUT2D eigenvalue weighted by Gasteiger charge is 2.33. The maximum atomic E-state index is 11.7. The third kappa shape index (κ3) is 4.95. The first kappa shape index (κ1) is 17.8. The van der Waals surface area contributed by atoms with Crippen molar-refractivity contribution in [2.75, 3.05) is 5.75 Å². The molecule has 0 fully saturated rings. The first-order valence-corrected chi connectivity index (χ1v) is 7.54. The summed E-state index contributed by atoms with van der Waals surface area (Å²) in [6.45, 7) is 1.36. The Hall–Kier alpha value is -0.240. The summed E-state index contributed by atoms with van der Waals surface area (Å²) in [5, 5.41) is 19.5. The largest absolute Gasteiger partial charge is 0.389 e. The zero-order valence-corrected chi connectivity index (χ0v) is 13.4. The Morgan fingerprint density at radius 1 is 1.40 bits per heavy atom. The van der Waals surface area contributed by atoms with Crippen molar-refractivity contribution in [2.24, 2.45) is 0 Å². The van der Waals surface area contributed by atoms with Gasteiger partial charge in [-0.3, -0.25) is 9.59 Å². The molecule has 5 nitrogen and oxygen atoms in total. The van der Waals surface area contributed by atoms with E-state index in [0.29, 0.717) is 0 Å². The van der Waals surface area contributed by atoms with Crippen LogP contribution < -0.4 is 0 Å². The molecule has 2 atom stereocenters. The number of carbonyl (C=O) groups excluding carboxylic acids is 2. The number of halogens is 3. The van der Waals surface area contributed by atoms with E-state index in [2.05, 4.69) is 4.98 Å². The number of aliphatic hydroxyl groups excluding tert-OH is 2. The monoisotopic (exact) mass is 359 g/mol. The van der Waals surface area contributed by atoms with Crippen LogP contribution in [0.1, 0.15) is 29.1 Å². The minimum atomic E-state index is -2.10. The van der Waals surface area contributed by atoms with E-state index < -0.39 is 21.8 Å². The molecule has 1 aromatic heterocycles. The van der Waals surface area contributed by atoms with Gasteiger partial charge in [-0.25, -0.2) is 0 Å². The van der Waals surface area contributed by atoms with Gasteiger partial charge in [0.15, 0.2) is 5.12 Å². The second kappa shape index (κ2) is 7.15. The zero-order valence-electron chi connectivity index (χ0n) is 10.3. The van der Waals surface area contributed by atoms with Gasteiger partial charge in [-0.2, -0.15) is 0 Å². The maximum Gasteiger partial charge on any atom is 0.254 e. The molecule has 0 aliphatic heterocycles. The zero-order chi connectivity index (χ0) is 15.5. The fourth-order valence-electron chi connectivity index (χ4n) is 1.38. The number of rotatable bonds is 5. The molecule has 0 radical (unpaired) electrons. The van der Waals surface area contributed by atoms with Crippen molar-refractivity contribution in [1.29, 1.82) is 0 Å². The van der Waals surface area contributed by atoms with Crippen LogP contribution in [0.5, 0.6) is 0 Å². The predicted octanol–water partition coefficient (Wildman–Crippen LogP) is 2.24. The summed E-state index contributed by atoms with van der Waals surface area (Å²) in [6.07, 6.45) is -1.08. The van der Waals surface area contributed by atoms with Gasteiger partial charge in [0, 0.05) is 24.4 Å². The third-order valence-electron chi connectivity index (χ3n) is 2.37. The molecule has 0 saturated heterocycles. The summed E-state index contributed by atoms with van der Waals surface area (Å²) in [6, 6.07) is 1.29. The number of hydrogen-bond donors (Lipinski definition) is 3. The van der Waals surface area contributed by atoms with E-state index in [4.69, 9.17) is 34.8 Å². The van der Waals surface area contributed by atoms with Crippen molar-refractivity contribution in [3.63, 3.8) is 0 Å². The molecule has 0 aliphatic rings. The highest BCUT2D eigenvalue weighted by molar-refractivity contribution is 8.13. The number of nitrogens with one attached hydrogen (secondary N) is 1. The van der Waals surface area contributed by atoms with E-state index in [9.17, 15) is 19.8 Å². The predicted molar refractivity (Wildman–Crippen MR) is 79.5 cm³/mol. The lowest BCUT2D eigenvalue weighted by Gasteiger charge is -2.15. The van der Waals surface area contributed by atoms with E-state index in [0.717, 1.165) is 11.8 Å². The Kier molecular flexibility index (Phi) is 6.37. The van der Waals surface area contributed by atoms with Gasteiger partial charge in [0.2, 0.25) is 5.78 Å². The first-order chi connectivity index (χ1) is 9.12. The quantitative estimate of drug-likeness (QED) is 0.553. The Morgan fingerprint density at radius 2 is 2.00 bits per heavy atom. The molecule has 0 saturated carbocycles. The van der Waals surface area contributed by atoms with Gasteiger partial charge < -0.3 is 15.2 Å². The van der Waals surface area contributed by atoms with Crippen LogP contribution in [0.25, 0.3) is 0 Å². The SMILES string of the molecule is CC(=O)SCC(O)C(O)c1c[nH]c(C(=O)C(Cl)(Cl)Cl)c1. The van der Waals surface area contributed by atoms with E-state index in [1.54, 1.807) is 0 Å². The van der Waals surface area contributed by atoms with E-state index in [-0.39, 0.29) is 22.1 Å². The van der Waals surface area contributed by atoms with Gasteiger partial charge in [-0.15, -0.1) is 0 Å². The van der Waals surface area contributed by atoms with E-state index >= 15 is 0 Å². The van der Waals surface area contributed by atoms with Crippen LogP contribution in [-0.4, -0.2) is 41.7 Å². The number of alkyl halides is 3. The fourth-order valence-corrected chi connectivity index (χ4v) is 2.27. The maximum absolute atomic E-state index is 11.7. The molecule has 0 aromatic carbocycles. The molecule has 1 heterocycles. The van der Waals surface area contributed by atoms with Gasteiger partial charge in [0.05, 0.1) is 11.8 Å². The van der Waals surface area contributed by atoms with Crippen molar-refractivity contribution in [2.45, 2.75) is 22.9 Å². The summed E-state index contributed by atoms with van der Waals surface area (Å²) in [5.74, 6) is -0.733. The number of carbonyl (C=O) groups is 2. The van der Waals surface area contributed by atoms with Gasteiger partial charge in [0.25, 0.3) is 3.79 Å². The van der Waals surface area contributed by atoms with Crippen molar-refractivity contribution in [1.82, 2.24) is 4.98 Å². The lowest BCUT2D eigenvalue weighted by Crippen LogP contribution is -2.21. The molecule has 1 aromatic rings. The number of aliphatic hydroxyl groups is 2. The van der Waals surface area contributed by atoms with Crippen LogP contribution in [0.15, 0.2) is 12.3 Å². The van der Waals surface area contributed by atoms with Crippen LogP contribution in [-0.2, 0) is 4.79 Å². The highest BCUT2D eigenvalue weighted by atomic mass is 35.6. The number of H-pyrrole nitrogens is 1. The molecule has 0 spiro atoms. The van der Waals surface area contributed by atoms with Gasteiger partial charge in [0.1, 0.15) is 6.10 Å². The average molecular weight is 361 g/mol. The van der Waals surface area contributed by atoms with E-state index in [1.165, 1.54) is 19.2 Å². The van der Waals surface area contributed by atoms with Crippen LogP contribution in [0.4, 0.5) is 0 Å².